The molecule has 22 heavy (non-hydrogen) atoms. The molecular formula is C16H23ClN2O3. The number of ether oxygens (including phenoxy) is 2. The van der Waals surface area contributed by atoms with Gasteiger partial charge in [-0.25, -0.2) is 0 Å². The number of amides is 1. The summed E-state index contributed by atoms with van der Waals surface area (Å²) in [6, 6.07) is 5.17. The highest BCUT2D eigenvalue weighted by atomic mass is 35.5. The molecule has 122 valence electrons. The molecule has 1 aliphatic rings. The normalized spacial score (nSPS) is 18.4. The van der Waals surface area contributed by atoms with E-state index in [2.05, 4.69) is 10.2 Å². The van der Waals surface area contributed by atoms with Crippen molar-refractivity contribution in [3.63, 3.8) is 0 Å². The van der Waals surface area contributed by atoms with Crippen molar-refractivity contribution in [1.82, 2.24) is 4.90 Å². The summed E-state index contributed by atoms with van der Waals surface area (Å²) in [7, 11) is 3.30. The van der Waals surface area contributed by atoms with E-state index >= 15 is 0 Å². The van der Waals surface area contributed by atoms with Gasteiger partial charge in [-0.15, -0.1) is 0 Å². The maximum atomic E-state index is 12.1. The molecule has 0 aliphatic carbocycles. The summed E-state index contributed by atoms with van der Waals surface area (Å²) in [6.45, 7) is 3.58. The molecule has 1 saturated heterocycles. The molecule has 1 aliphatic heterocycles. The van der Waals surface area contributed by atoms with Crippen molar-refractivity contribution in [3.05, 3.63) is 23.2 Å². The molecule has 5 nitrogen and oxygen atoms in total. The Labute approximate surface area is 136 Å². The van der Waals surface area contributed by atoms with Crippen LogP contribution in [0.4, 0.5) is 5.69 Å². The van der Waals surface area contributed by atoms with Crippen LogP contribution in [0.1, 0.15) is 12.8 Å². The third-order valence-electron chi connectivity index (χ3n) is 3.86. The number of methoxy groups -OCH3 is 2. The fourth-order valence-electron chi connectivity index (χ4n) is 2.74. The zero-order chi connectivity index (χ0) is 15.9. The van der Waals surface area contributed by atoms with E-state index in [1.807, 2.05) is 0 Å². The molecule has 2 rings (SSSR count). The van der Waals surface area contributed by atoms with E-state index in [0.29, 0.717) is 28.8 Å². The smallest absolute Gasteiger partial charge is 0.225 e. The summed E-state index contributed by atoms with van der Waals surface area (Å²) in [5.41, 5.74) is 0.610. The molecule has 1 aromatic rings. The number of nitrogens with zero attached hydrogens (tertiary/aromatic N) is 1. The lowest BCUT2D eigenvalue weighted by Crippen LogP contribution is -2.26. The number of rotatable bonds is 7. The predicted molar refractivity (Wildman–Crippen MR) is 87.7 cm³/mol. The van der Waals surface area contributed by atoms with Crippen molar-refractivity contribution in [2.24, 2.45) is 5.92 Å². The van der Waals surface area contributed by atoms with E-state index < -0.39 is 0 Å². The van der Waals surface area contributed by atoms with Crippen molar-refractivity contribution in [2.75, 3.05) is 45.8 Å². The van der Waals surface area contributed by atoms with Crippen molar-refractivity contribution in [1.29, 1.82) is 0 Å². The molecule has 0 saturated carbocycles. The minimum atomic E-state index is -0.0317. The number of likely N-dealkylation sites (tertiary alicyclic amines) is 1. The highest BCUT2D eigenvalue weighted by molar-refractivity contribution is 6.31. The van der Waals surface area contributed by atoms with Gasteiger partial charge in [0.15, 0.2) is 0 Å². The van der Waals surface area contributed by atoms with Crippen LogP contribution in [0.3, 0.4) is 0 Å². The van der Waals surface area contributed by atoms with Crippen LogP contribution >= 0.6 is 11.6 Å². The average Bonchev–Trinajstić information content (AvgIpc) is 2.94. The van der Waals surface area contributed by atoms with Gasteiger partial charge in [0.1, 0.15) is 5.75 Å². The van der Waals surface area contributed by atoms with Gasteiger partial charge < -0.3 is 19.7 Å². The van der Waals surface area contributed by atoms with Crippen LogP contribution in [-0.4, -0.2) is 51.3 Å². The lowest BCUT2D eigenvalue weighted by atomic mass is 10.1. The Morgan fingerprint density at radius 1 is 1.45 bits per heavy atom. The lowest BCUT2D eigenvalue weighted by molar-refractivity contribution is -0.116. The minimum absolute atomic E-state index is 0.0317. The van der Waals surface area contributed by atoms with Gasteiger partial charge in [-0.3, -0.25) is 4.79 Å². The largest absolute Gasteiger partial charge is 0.495 e. The Hall–Kier alpha value is -1.30. The Morgan fingerprint density at radius 2 is 2.27 bits per heavy atom. The van der Waals surface area contributed by atoms with Crippen LogP contribution < -0.4 is 10.1 Å². The molecule has 0 spiro atoms. The van der Waals surface area contributed by atoms with Crippen molar-refractivity contribution in [2.45, 2.75) is 12.8 Å². The Morgan fingerprint density at radius 3 is 3.00 bits per heavy atom. The average molecular weight is 327 g/mol. The topological polar surface area (TPSA) is 50.8 Å². The molecule has 0 aromatic heterocycles. The highest BCUT2D eigenvalue weighted by Gasteiger charge is 2.22. The third kappa shape index (κ3) is 4.87. The number of nitrogens with one attached hydrogen (secondary N) is 1. The molecule has 1 N–H and O–H groups in total. The number of halogens is 1. The van der Waals surface area contributed by atoms with Gasteiger partial charge in [-0.05, 0) is 37.1 Å². The lowest BCUT2D eigenvalue weighted by Gasteiger charge is -2.16. The molecular weight excluding hydrogens is 304 g/mol. The number of anilines is 1. The molecule has 1 amide bonds. The molecule has 0 radical (unpaired) electrons. The molecule has 0 bridgehead atoms. The van der Waals surface area contributed by atoms with Crippen LogP contribution in [0.25, 0.3) is 0 Å². The van der Waals surface area contributed by atoms with Crippen LogP contribution in [0.2, 0.25) is 5.02 Å². The predicted octanol–water partition coefficient (Wildman–Crippen LogP) is 2.65. The standard InChI is InChI=1S/C16H23ClN2O3/c1-21-11-12-5-7-19(10-12)8-6-16(20)18-14-9-13(17)3-4-15(14)22-2/h3-4,9,12H,5-8,10-11H2,1-2H3,(H,18,20)/t12-/m0/s1. The van der Waals surface area contributed by atoms with Gasteiger partial charge in [0.2, 0.25) is 5.91 Å². The van der Waals surface area contributed by atoms with Crippen molar-refractivity contribution < 1.29 is 14.3 Å². The maximum Gasteiger partial charge on any atom is 0.225 e. The first kappa shape index (κ1) is 17.1. The molecule has 0 unspecified atom stereocenters. The number of carbonyl (C=O) groups excluding carboxylic acids is 1. The van der Waals surface area contributed by atoms with Crippen LogP contribution in [0.5, 0.6) is 5.75 Å². The summed E-state index contributed by atoms with van der Waals surface area (Å²) in [6.07, 6.45) is 1.59. The fourth-order valence-corrected chi connectivity index (χ4v) is 2.91. The second-order valence-electron chi connectivity index (χ2n) is 5.55. The fraction of sp³-hybridized carbons (Fsp3) is 0.562. The zero-order valence-electron chi connectivity index (χ0n) is 13.1. The first-order chi connectivity index (χ1) is 10.6. The summed E-state index contributed by atoms with van der Waals surface area (Å²) in [5, 5.41) is 3.43. The van der Waals surface area contributed by atoms with E-state index in [9.17, 15) is 4.79 Å². The van der Waals surface area contributed by atoms with Gasteiger partial charge >= 0.3 is 0 Å². The van der Waals surface area contributed by atoms with Crippen molar-refractivity contribution >= 4 is 23.2 Å². The summed E-state index contributed by atoms with van der Waals surface area (Å²) in [5.74, 6) is 1.16. The molecule has 1 fully saturated rings. The Kier molecular flexibility index (Phi) is 6.49. The molecule has 1 atom stereocenters. The Bertz CT molecular complexity index is 510. The molecule has 6 heteroatoms. The first-order valence-electron chi connectivity index (χ1n) is 7.47. The zero-order valence-corrected chi connectivity index (χ0v) is 13.9. The summed E-state index contributed by atoms with van der Waals surface area (Å²) in [4.78, 5) is 14.4. The van der Waals surface area contributed by atoms with Crippen molar-refractivity contribution in [3.8, 4) is 5.75 Å². The second kappa shape index (κ2) is 8.36. The van der Waals surface area contributed by atoms with Crippen LogP contribution in [-0.2, 0) is 9.53 Å². The van der Waals surface area contributed by atoms with Gasteiger partial charge in [0, 0.05) is 31.6 Å². The van der Waals surface area contributed by atoms with Gasteiger partial charge in [-0.1, -0.05) is 11.6 Å². The number of hydrogen-bond acceptors (Lipinski definition) is 4. The van der Waals surface area contributed by atoms with Gasteiger partial charge in [0.25, 0.3) is 0 Å². The maximum absolute atomic E-state index is 12.1. The Balaban J connectivity index is 1.80. The van der Waals surface area contributed by atoms with E-state index in [-0.39, 0.29) is 5.91 Å². The van der Waals surface area contributed by atoms with Crippen LogP contribution in [0.15, 0.2) is 18.2 Å². The summed E-state index contributed by atoms with van der Waals surface area (Å²) >= 11 is 5.96. The quantitative estimate of drug-likeness (QED) is 0.837. The van der Waals surface area contributed by atoms with E-state index in [1.54, 1.807) is 32.4 Å². The highest BCUT2D eigenvalue weighted by Crippen LogP contribution is 2.27. The van der Waals surface area contributed by atoms with Gasteiger partial charge in [0.05, 0.1) is 19.4 Å². The minimum Gasteiger partial charge on any atom is -0.495 e. The monoisotopic (exact) mass is 326 g/mol. The number of hydrogen-bond donors (Lipinski definition) is 1. The number of benzene rings is 1. The summed E-state index contributed by atoms with van der Waals surface area (Å²) < 4.78 is 10.4. The van der Waals surface area contributed by atoms with E-state index in [4.69, 9.17) is 21.1 Å². The number of carbonyl (C=O) groups is 1. The SMILES string of the molecule is COC[C@H]1CCN(CCC(=O)Nc2cc(Cl)ccc2OC)C1. The van der Waals surface area contributed by atoms with Crippen LogP contribution in [0, 0.1) is 5.92 Å². The van der Waals surface area contributed by atoms with Gasteiger partial charge in [-0.2, -0.15) is 0 Å². The molecule has 1 aromatic carbocycles. The third-order valence-corrected chi connectivity index (χ3v) is 4.10. The van der Waals surface area contributed by atoms with E-state index in [0.717, 1.165) is 32.7 Å². The first-order valence-corrected chi connectivity index (χ1v) is 7.85. The van der Waals surface area contributed by atoms with E-state index in [1.165, 1.54) is 0 Å². The molecule has 1 heterocycles. The second-order valence-corrected chi connectivity index (χ2v) is 5.99.